The fraction of sp³-hybridized carbons (Fsp3) is 0.444. The first-order valence-electron chi connectivity index (χ1n) is 4.97. The first kappa shape index (κ1) is 13.3. The number of carbonyl (C=O) groups excluding carboxylic acids is 1. The predicted molar refractivity (Wildman–Crippen MR) is 67.0 cm³/mol. The first-order chi connectivity index (χ1) is 8.02. The van der Waals surface area contributed by atoms with Crippen LogP contribution in [0.25, 0.3) is 0 Å². The second-order valence-electron chi connectivity index (χ2n) is 3.47. The summed E-state index contributed by atoms with van der Waals surface area (Å²) >= 11 is 5.88. The highest BCUT2D eigenvalue weighted by molar-refractivity contribution is 6.35. The number of nitrogen functional groups attached to an aromatic ring is 1. The number of urea groups is 1. The largest absolute Gasteiger partial charge is 0.382 e. The summed E-state index contributed by atoms with van der Waals surface area (Å²) in [5.74, 6) is 0.680. The number of carbonyl (C=O) groups is 1. The second kappa shape index (κ2) is 6.09. The van der Waals surface area contributed by atoms with E-state index >= 15 is 0 Å². The van der Waals surface area contributed by atoms with E-state index in [1.807, 2.05) is 0 Å². The van der Waals surface area contributed by atoms with Crippen LogP contribution in [0.5, 0.6) is 0 Å². The molecule has 0 saturated heterocycles. The van der Waals surface area contributed by atoms with Crippen LogP contribution >= 0.6 is 11.6 Å². The fourth-order valence-corrected chi connectivity index (χ4v) is 1.18. The third kappa shape index (κ3) is 3.95. The summed E-state index contributed by atoms with van der Waals surface area (Å²) in [5.41, 5.74) is 5.51. The van der Waals surface area contributed by atoms with Crippen LogP contribution in [0.4, 0.5) is 16.4 Å². The zero-order valence-corrected chi connectivity index (χ0v) is 10.5. The number of nitrogens with two attached hydrogens (primary N) is 1. The molecule has 0 atom stereocenters. The quantitative estimate of drug-likeness (QED) is 0.679. The number of amides is 2. The Balaban J connectivity index is 2.36. The molecular weight excluding hydrogens is 244 g/mol. The van der Waals surface area contributed by atoms with E-state index in [0.717, 1.165) is 0 Å². The molecule has 2 amide bonds. The van der Waals surface area contributed by atoms with E-state index in [0.29, 0.717) is 18.9 Å². The van der Waals surface area contributed by atoms with Crippen LogP contribution in [0.3, 0.4) is 0 Å². The second-order valence-corrected chi connectivity index (χ2v) is 3.85. The number of halogens is 1. The molecule has 1 rings (SSSR count). The van der Waals surface area contributed by atoms with Crippen molar-refractivity contribution in [2.45, 2.75) is 0 Å². The van der Waals surface area contributed by atoms with E-state index in [4.69, 9.17) is 17.3 Å². The number of nitrogens with zero attached hydrogens (tertiary/aromatic N) is 3. The Bertz CT molecular complexity index is 397. The summed E-state index contributed by atoms with van der Waals surface area (Å²) in [7, 11) is 3.34. The number of nitrogens with one attached hydrogen (secondary N) is 2. The molecule has 0 aliphatic rings. The van der Waals surface area contributed by atoms with Crippen molar-refractivity contribution in [2.24, 2.45) is 0 Å². The summed E-state index contributed by atoms with van der Waals surface area (Å²) in [6, 6.07) is -0.153. The van der Waals surface area contributed by atoms with Crippen LogP contribution in [0.1, 0.15) is 0 Å². The maximum absolute atomic E-state index is 11.2. The monoisotopic (exact) mass is 258 g/mol. The normalized spacial score (nSPS) is 9.82. The van der Waals surface area contributed by atoms with Crippen molar-refractivity contribution >= 4 is 29.3 Å². The van der Waals surface area contributed by atoms with Crippen molar-refractivity contribution in [3.63, 3.8) is 0 Å². The minimum absolute atomic E-state index is 0.153. The molecule has 0 fully saturated rings. The lowest BCUT2D eigenvalue weighted by molar-refractivity contribution is 0.218. The third-order valence-electron chi connectivity index (χ3n) is 1.92. The smallest absolute Gasteiger partial charge is 0.316 e. The lowest BCUT2D eigenvalue weighted by Crippen LogP contribution is -2.37. The molecule has 1 aromatic heterocycles. The van der Waals surface area contributed by atoms with Crippen molar-refractivity contribution in [1.82, 2.24) is 20.2 Å². The molecule has 0 bridgehead atoms. The molecule has 0 saturated carbocycles. The number of anilines is 2. The summed E-state index contributed by atoms with van der Waals surface area (Å²) in [5, 5.41) is 5.93. The van der Waals surface area contributed by atoms with Gasteiger partial charge in [-0.05, 0) is 0 Å². The van der Waals surface area contributed by atoms with E-state index in [2.05, 4.69) is 20.6 Å². The van der Waals surface area contributed by atoms with Crippen molar-refractivity contribution in [2.75, 3.05) is 38.2 Å². The lowest BCUT2D eigenvalue weighted by atomic mass is 10.5. The van der Waals surface area contributed by atoms with Crippen LogP contribution in [0.15, 0.2) is 6.33 Å². The van der Waals surface area contributed by atoms with Gasteiger partial charge >= 0.3 is 6.03 Å². The van der Waals surface area contributed by atoms with Gasteiger partial charge in [0.15, 0.2) is 5.82 Å². The predicted octanol–water partition coefficient (Wildman–Crippen LogP) is 0.395. The Hall–Kier alpha value is -1.76. The van der Waals surface area contributed by atoms with E-state index in [-0.39, 0.29) is 16.9 Å². The Kier molecular flexibility index (Phi) is 4.77. The molecule has 94 valence electrons. The average Bonchev–Trinajstić information content (AvgIpc) is 2.29. The van der Waals surface area contributed by atoms with Gasteiger partial charge in [-0.1, -0.05) is 11.6 Å². The molecule has 0 unspecified atom stereocenters. The zero-order chi connectivity index (χ0) is 12.8. The van der Waals surface area contributed by atoms with Crippen LogP contribution in [0.2, 0.25) is 5.02 Å². The van der Waals surface area contributed by atoms with Gasteiger partial charge in [0.05, 0.1) is 0 Å². The molecule has 0 aliphatic heterocycles. The van der Waals surface area contributed by atoms with Crippen LogP contribution in [-0.2, 0) is 0 Å². The summed E-state index contributed by atoms with van der Waals surface area (Å²) in [6.07, 6.45) is 1.32. The Morgan fingerprint density at radius 2 is 2.18 bits per heavy atom. The third-order valence-corrected chi connectivity index (χ3v) is 2.29. The Morgan fingerprint density at radius 3 is 2.82 bits per heavy atom. The standard InChI is InChI=1S/C9H15ClN6O/c1-16(2)9(17)13-4-3-12-8-6(10)7(11)14-5-15-8/h5H,3-4H2,1-2H3,(H,13,17)(H3,11,12,14,15). The number of hydrogen-bond acceptors (Lipinski definition) is 5. The van der Waals surface area contributed by atoms with Crippen molar-refractivity contribution < 1.29 is 4.79 Å². The highest BCUT2D eigenvalue weighted by Gasteiger charge is 2.06. The average molecular weight is 259 g/mol. The van der Waals surface area contributed by atoms with E-state index in [9.17, 15) is 4.79 Å². The summed E-state index contributed by atoms with van der Waals surface area (Å²) in [4.78, 5) is 20.3. The van der Waals surface area contributed by atoms with Crippen LogP contribution in [-0.4, -0.2) is 48.1 Å². The number of rotatable bonds is 4. The van der Waals surface area contributed by atoms with Crippen LogP contribution in [0, 0.1) is 0 Å². The van der Waals surface area contributed by atoms with Gasteiger partial charge in [-0.15, -0.1) is 0 Å². The summed E-state index contributed by atoms with van der Waals surface area (Å²) < 4.78 is 0. The Labute approximate surface area is 104 Å². The lowest BCUT2D eigenvalue weighted by Gasteiger charge is -2.12. The molecular formula is C9H15ClN6O. The maximum atomic E-state index is 11.2. The fourth-order valence-electron chi connectivity index (χ4n) is 1.02. The molecule has 8 heteroatoms. The minimum Gasteiger partial charge on any atom is -0.382 e. The van der Waals surface area contributed by atoms with Gasteiger partial charge in [-0.2, -0.15) is 0 Å². The van der Waals surface area contributed by atoms with Crippen LogP contribution < -0.4 is 16.4 Å². The van der Waals surface area contributed by atoms with Gasteiger partial charge < -0.3 is 21.3 Å². The summed E-state index contributed by atoms with van der Waals surface area (Å²) in [6.45, 7) is 0.951. The van der Waals surface area contributed by atoms with Crippen molar-refractivity contribution in [1.29, 1.82) is 0 Å². The zero-order valence-electron chi connectivity index (χ0n) is 9.70. The minimum atomic E-state index is -0.153. The molecule has 1 aromatic rings. The number of aromatic nitrogens is 2. The first-order valence-corrected chi connectivity index (χ1v) is 5.35. The van der Waals surface area contributed by atoms with E-state index < -0.39 is 0 Å². The van der Waals surface area contributed by atoms with Gasteiger partial charge in [-0.25, -0.2) is 14.8 Å². The molecule has 0 radical (unpaired) electrons. The molecule has 0 aromatic carbocycles. The molecule has 7 nitrogen and oxygen atoms in total. The molecule has 0 aliphatic carbocycles. The van der Waals surface area contributed by atoms with Crippen molar-refractivity contribution in [3.05, 3.63) is 11.3 Å². The molecule has 1 heterocycles. The van der Waals surface area contributed by atoms with Gasteiger partial charge in [0.2, 0.25) is 0 Å². The highest BCUT2D eigenvalue weighted by Crippen LogP contribution is 2.22. The molecule has 17 heavy (non-hydrogen) atoms. The molecule has 4 N–H and O–H groups in total. The van der Waals surface area contributed by atoms with Gasteiger partial charge in [0.25, 0.3) is 0 Å². The topological polar surface area (TPSA) is 96.2 Å². The van der Waals surface area contributed by atoms with E-state index in [1.165, 1.54) is 11.2 Å². The van der Waals surface area contributed by atoms with E-state index in [1.54, 1.807) is 14.1 Å². The van der Waals surface area contributed by atoms with Crippen molar-refractivity contribution in [3.8, 4) is 0 Å². The SMILES string of the molecule is CN(C)C(=O)NCCNc1ncnc(N)c1Cl. The number of hydrogen-bond donors (Lipinski definition) is 3. The highest BCUT2D eigenvalue weighted by atomic mass is 35.5. The maximum Gasteiger partial charge on any atom is 0.316 e. The molecule has 0 spiro atoms. The van der Waals surface area contributed by atoms with Gasteiger partial charge in [0, 0.05) is 27.2 Å². The van der Waals surface area contributed by atoms with Gasteiger partial charge in [0.1, 0.15) is 17.2 Å². The van der Waals surface area contributed by atoms with Gasteiger partial charge in [-0.3, -0.25) is 0 Å². The Morgan fingerprint density at radius 1 is 1.47 bits per heavy atom.